The number of carbonyl (C=O) groups excluding carboxylic acids is 2. The van der Waals surface area contributed by atoms with Crippen molar-refractivity contribution in [2.24, 2.45) is 0 Å². The summed E-state index contributed by atoms with van der Waals surface area (Å²) in [6, 6.07) is 12.6. The number of rotatable bonds is 7. The first-order chi connectivity index (χ1) is 16.7. The third-order valence-corrected chi connectivity index (χ3v) is 8.16. The van der Waals surface area contributed by atoms with Crippen LogP contribution in [0.25, 0.3) is 5.76 Å². The number of likely N-dealkylation sites (tertiary alicyclic amines) is 1. The molecule has 0 saturated carbocycles. The topological polar surface area (TPSA) is 98.2 Å². The monoisotopic (exact) mass is 513 g/mol. The highest BCUT2D eigenvalue weighted by atomic mass is 32.2. The average molecular weight is 514 g/mol. The van der Waals surface area contributed by atoms with E-state index < -0.39 is 27.8 Å². The summed E-state index contributed by atoms with van der Waals surface area (Å²) in [7, 11) is 2.98. The standard InChI is InChI=1S/C27H35N3O5S/c1-27(2,3)20-12-8-18(9-13-20)23-22(25(32)26(33)30(23)17-16-28(4)5)24(31)19-10-14-21(15-11-19)36(34,35)29(6)7/h8-15,23,31H,16-17H2,1-7H3/t23-/m1/s1. The summed E-state index contributed by atoms with van der Waals surface area (Å²) in [6.07, 6.45) is 0. The predicted octanol–water partition coefficient (Wildman–Crippen LogP) is 3.22. The lowest BCUT2D eigenvalue weighted by molar-refractivity contribution is -0.140. The number of amides is 1. The van der Waals surface area contributed by atoms with Crippen LogP contribution in [0.1, 0.15) is 43.5 Å². The molecule has 2 aromatic carbocycles. The molecule has 0 radical (unpaired) electrons. The number of ketones is 1. The Kier molecular flexibility index (Phi) is 7.78. The lowest BCUT2D eigenvalue weighted by atomic mass is 9.85. The number of hydrogen-bond donors (Lipinski definition) is 1. The van der Waals surface area contributed by atoms with Gasteiger partial charge in [-0.15, -0.1) is 0 Å². The van der Waals surface area contributed by atoms with Crippen molar-refractivity contribution in [1.29, 1.82) is 0 Å². The summed E-state index contributed by atoms with van der Waals surface area (Å²) >= 11 is 0. The average Bonchev–Trinajstić information content (AvgIpc) is 3.06. The number of aliphatic hydroxyl groups is 1. The second kappa shape index (κ2) is 10.2. The molecule has 0 bridgehead atoms. The molecule has 0 unspecified atom stereocenters. The van der Waals surface area contributed by atoms with Gasteiger partial charge >= 0.3 is 0 Å². The van der Waals surface area contributed by atoms with E-state index in [0.717, 1.165) is 9.87 Å². The second-order valence-corrected chi connectivity index (χ2v) is 12.6. The maximum atomic E-state index is 13.2. The van der Waals surface area contributed by atoms with Gasteiger partial charge in [-0.2, -0.15) is 0 Å². The number of carbonyl (C=O) groups is 2. The molecule has 1 atom stereocenters. The summed E-state index contributed by atoms with van der Waals surface area (Å²) < 4.78 is 25.9. The van der Waals surface area contributed by atoms with Gasteiger partial charge in [0, 0.05) is 32.7 Å². The van der Waals surface area contributed by atoms with Gasteiger partial charge in [0.2, 0.25) is 10.0 Å². The van der Waals surface area contributed by atoms with Crippen LogP contribution in [-0.4, -0.2) is 80.6 Å². The van der Waals surface area contributed by atoms with E-state index in [1.165, 1.54) is 43.3 Å². The SMILES string of the molecule is CN(C)CCN1C(=O)C(=O)C(=C(O)c2ccc(S(=O)(=O)N(C)C)cc2)[C@H]1c1ccc(C(C)(C)C)cc1. The number of hydrogen-bond acceptors (Lipinski definition) is 6. The van der Waals surface area contributed by atoms with Crippen molar-refractivity contribution in [2.75, 3.05) is 41.3 Å². The minimum Gasteiger partial charge on any atom is -0.507 e. The first-order valence-corrected chi connectivity index (χ1v) is 13.2. The molecule has 36 heavy (non-hydrogen) atoms. The Hall–Kier alpha value is -3.01. The van der Waals surface area contributed by atoms with Gasteiger partial charge in [-0.05, 0) is 54.9 Å². The fourth-order valence-electron chi connectivity index (χ4n) is 4.08. The third kappa shape index (κ3) is 5.38. The fourth-order valence-corrected chi connectivity index (χ4v) is 4.98. The van der Waals surface area contributed by atoms with E-state index in [1.807, 2.05) is 43.3 Å². The minimum atomic E-state index is -3.65. The first kappa shape index (κ1) is 27.6. The quantitative estimate of drug-likeness (QED) is 0.347. The van der Waals surface area contributed by atoms with Gasteiger partial charge in [0.25, 0.3) is 11.7 Å². The Morgan fingerprint density at radius 2 is 1.50 bits per heavy atom. The molecule has 9 heteroatoms. The summed E-state index contributed by atoms with van der Waals surface area (Å²) in [5, 5.41) is 11.2. The molecule has 1 amide bonds. The Bertz CT molecular complexity index is 1270. The van der Waals surface area contributed by atoms with Crippen LogP contribution in [0, 0.1) is 0 Å². The van der Waals surface area contributed by atoms with Gasteiger partial charge in [0.1, 0.15) is 5.76 Å². The molecular formula is C27H35N3O5S. The molecule has 1 heterocycles. The van der Waals surface area contributed by atoms with Gasteiger partial charge in [-0.25, -0.2) is 12.7 Å². The normalized spacial score (nSPS) is 18.5. The van der Waals surface area contributed by atoms with Crippen molar-refractivity contribution in [2.45, 2.75) is 37.1 Å². The summed E-state index contributed by atoms with van der Waals surface area (Å²) in [4.78, 5) is 29.7. The number of nitrogens with zero attached hydrogens (tertiary/aromatic N) is 3. The molecule has 3 rings (SSSR count). The molecule has 194 valence electrons. The maximum absolute atomic E-state index is 13.2. The Morgan fingerprint density at radius 1 is 0.944 bits per heavy atom. The van der Waals surface area contributed by atoms with Crippen LogP contribution in [0.4, 0.5) is 0 Å². The van der Waals surface area contributed by atoms with Crippen LogP contribution in [0.3, 0.4) is 0 Å². The van der Waals surface area contributed by atoms with E-state index in [0.29, 0.717) is 18.7 Å². The van der Waals surface area contributed by atoms with Crippen LogP contribution >= 0.6 is 0 Å². The molecule has 0 spiro atoms. The van der Waals surface area contributed by atoms with E-state index in [1.54, 1.807) is 0 Å². The molecule has 1 aliphatic rings. The van der Waals surface area contributed by atoms with Crippen LogP contribution in [0.15, 0.2) is 59.0 Å². The van der Waals surface area contributed by atoms with Gasteiger partial charge in [0.05, 0.1) is 16.5 Å². The molecule has 8 nitrogen and oxygen atoms in total. The number of sulfonamides is 1. The zero-order valence-corrected chi connectivity index (χ0v) is 22.8. The number of aliphatic hydroxyl groups excluding tert-OH is 1. The molecule has 1 N–H and O–H groups in total. The zero-order chi connectivity index (χ0) is 27.0. The Morgan fingerprint density at radius 3 is 1.97 bits per heavy atom. The van der Waals surface area contributed by atoms with Crippen LogP contribution < -0.4 is 0 Å². The van der Waals surface area contributed by atoms with E-state index in [-0.39, 0.29) is 27.2 Å². The molecular weight excluding hydrogens is 478 g/mol. The Balaban J connectivity index is 2.13. The number of Topliss-reactive ketones (excluding diaryl/α,β-unsaturated/α-hetero) is 1. The van der Waals surface area contributed by atoms with Crippen LogP contribution in [0.5, 0.6) is 0 Å². The molecule has 1 aliphatic heterocycles. The van der Waals surface area contributed by atoms with Crippen LogP contribution in [-0.2, 0) is 25.0 Å². The molecule has 0 aliphatic carbocycles. The van der Waals surface area contributed by atoms with Gasteiger partial charge in [-0.3, -0.25) is 9.59 Å². The molecule has 1 saturated heterocycles. The van der Waals surface area contributed by atoms with E-state index in [2.05, 4.69) is 20.8 Å². The van der Waals surface area contributed by atoms with Crippen molar-refractivity contribution in [3.05, 3.63) is 70.8 Å². The molecule has 0 aromatic heterocycles. The van der Waals surface area contributed by atoms with Gasteiger partial charge in [0.15, 0.2) is 0 Å². The largest absolute Gasteiger partial charge is 0.507 e. The number of likely N-dealkylation sites (N-methyl/N-ethyl adjacent to an activating group) is 1. The second-order valence-electron chi connectivity index (χ2n) is 10.5. The zero-order valence-electron chi connectivity index (χ0n) is 21.9. The maximum Gasteiger partial charge on any atom is 0.295 e. The van der Waals surface area contributed by atoms with Crippen molar-refractivity contribution in [3.8, 4) is 0 Å². The Labute approximate surface area is 213 Å². The predicted molar refractivity (Wildman–Crippen MR) is 140 cm³/mol. The molecule has 1 fully saturated rings. The van der Waals surface area contributed by atoms with E-state index in [4.69, 9.17) is 0 Å². The lowest BCUT2D eigenvalue weighted by Gasteiger charge is -2.27. The highest BCUT2D eigenvalue weighted by Gasteiger charge is 2.46. The van der Waals surface area contributed by atoms with Gasteiger partial charge in [-0.1, -0.05) is 45.0 Å². The molecule has 2 aromatic rings. The van der Waals surface area contributed by atoms with Crippen LogP contribution in [0.2, 0.25) is 0 Å². The van der Waals surface area contributed by atoms with Gasteiger partial charge < -0.3 is 14.9 Å². The fraction of sp³-hybridized carbons (Fsp3) is 0.407. The van der Waals surface area contributed by atoms with E-state index >= 15 is 0 Å². The highest BCUT2D eigenvalue weighted by molar-refractivity contribution is 7.89. The summed E-state index contributed by atoms with van der Waals surface area (Å²) in [5.74, 6) is -1.77. The van der Waals surface area contributed by atoms with Crippen molar-refractivity contribution >= 4 is 27.5 Å². The third-order valence-electron chi connectivity index (χ3n) is 6.33. The van der Waals surface area contributed by atoms with Crippen molar-refractivity contribution < 1.29 is 23.1 Å². The van der Waals surface area contributed by atoms with E-state index in [9.17, 15) is 23.1 Å². The highest BCUT2D eigenvalue weighted by Crippen LogP contribution is 2.40. The smallest absolute Gasteiger partial charge is 0.295 e. The summed E-state index contributed by atoms with van der Waals surface area (Å²) in [6.45, 7) is 7.16. The number of benzene rings is 2. The van der Waals surface area contributed by atoms with Crippen molar-refractivity contribution in [1.82, 2.24) is 14.1 Å². The minimum absolute atomic E-state index is 0.00881. The lowest BCUT2D eigenvalue weighted by Crippen LogP contribution is -2.35. The summed E-state index contributed by atoms with van der Waals surface area (Å²) in [5.41, 5.74) is 2.00. The first-order valence-electron chi connectivity index (χ1n) is 11.7. The van der Waals surface area contributed by atoms with Crippen molar-refractivity contribution in [3.63, 3.8) is 0 Å².